The molecule has 1 heterocycles. The summed E-state index contributed by atoms with van der Waals surface area (Å²) >= 11 is 1.91. The van der Waals surface area contributed by atoms with Crippen LogP contribution in [0.15, 0.2) is 168 Å². The van der Waals surface area contributed by atoms with E-state index in [2.05, 4.69) is 158 Å². The molecule has 0 aromatic heterocycles. The van der Waals surface area contributed by atoms with Crippen molar-refractivity contribution in [3.63, 3.8) is 0 Å². The Labute approximate surface area is 272 Å². The third-order valence-electron chi connectivity index (χ3n) is 10.6. The molecule has 0 amide bonds. The van der Waals surface area contributed by atoms with Crippen LogP contribution >= 0.6 is 11.8 Å². The van der Waals surface area contributed by atoms with Gasteiger partial charge in [-0.25, -0.2) is 0 Å². The Morgan fingerprint density at radius 1 is 0.348 bits per heavy atom. The van der Waals surface area contributed by atoms with Gasteiger partial charge in [0.25, 0.3) is 0 Å². The van der Waals surface area contributed by atoms with Gasteiger partial charge in [0, 0.05) is 15.2 Å². The van der Waals surface area contributed by atoms with Crippen LogP contribution in [0.25, 0.3) is 66.1 Å². The van der Waals surface area contributed by atoms with Crippen LogP contribution in [-0.2, 0) is 5.41 Å². The number of hydrogen-bond donors (Lipinski definition) is 0. The molecule has 212 valence electrons. The molecule has 11 rings (SSSR count). The molecule has 1 spiro atoms. The van der Waals surface area contributed by atoms with Gasteiger partial charge in [-0.3, -0.25) is 0 Å². The fourth-order valence-electron chi connectivity index (χ4n) is 8.97. The summed E-state index contributed by atoms with van der Waals surface area (Å²) < 4.78 is 0. The van der Waals surface area contributed by atoms with Crippen LogP contribution in [0.4, 0.5) is 0 Å². The summed E-state index contributed by atoms with van der Waals surface area (Å²) in [6, 6.07) is 59.5. The van der Waals surface area contributed by atoms with E-state index < -0.39 is 5.41 Å². The zero-order valence-electron chi connectivity index (χ0n) is 24.9. The van der Waals surface area contributed by atoms with E-state index in [1.165, 1.54) is 98.1 Å². The molecular weight excluding hydrogens is 573 g/mol. The van der Waals surface area contributed by atoms with Crippen LogP contribution in [0.3, 0.4) is 0 Å². The zero-order valence-corrected chi connectivity index (χ0v) is 25.7. The number of benzene rings is 8. The van der Waals surface area contributed by atoms with Gasteiger partial charge in [-0.15, -0.1) is 0 Å². The van der Waals surface area contributed by atoms with E-state index >= 15 is 0 Å². The highest BCUT2D eigenvalue weighted by molar-refractivity contribution is 7.99. The smallest absolute Gasteiger partial charge is 0.0731 e. The molecule has 0 nitrogen and oxygen atoms in total. The SMILES string of the molecule is c1ccc2c(c1)Sc1cc(-c3cccc4c3C3(c5ccccc5-4)c4ccccc4-c4cccc5cccc3c45)cc3cccc-2c13. The van der Waals surface area contributed by atoms with Crippen LogP contribution in [0.1, 0.15) is 22.3 Å². The van der Waals surface area contributed by atoms with Gasteiger partial charge in [0.1, 0.15) is 0 Å². The van der Waals surface area contributed by atoms with Gasteiger partial charge in [0.2, 0.25) is 0 Å². The molecular formula is C45H26S. The number of rotatable bonds is 1. The van der Waals surface area contributed by atoms with Crippen molar-refractivity contribution in [2.45, 2.75) is 15.2 Å². The number of hydrogen-bond acceptors (Lipinski definition) is 1. The highest BCUT2D eigenvalue weighted by Crippen LogP contribution is 2.63. The molecule has 1 aliphatic heterocycles. The summed E-state index contributed by atoms with van der Waals surface area (Å²) in [7, 11) is 0. The van der Waals surface area contributed by atoms with E-state index in [4.69, 9.17) is 0 Å². The molecule has 1 unspecified atom stereocenters. The van der Waals surface area contributed by atoms with Crippen molar-refractivity contribution < 1.29 is 0 Å². The molecule has 0 saturated heterocycles. The first-order valence-corrected chi connectivity index (χ1v) is 16.8. The Kier molecular flexibility index (Phi) is 4.80. The van der Waals surface area contributed by atoms with Crippen molar-refractivity contribution in [2.75, 3.05) is 0 Å². The molecule has 0 fully saturated rings. The van der Waals surface area contributed by atoms with E-state index in [0.717, 1.165) is 0 Å². The standard InChI is InChI=1S/C45H26S/c1-4-21-37-31(14-1)34-18-7-11-27-12-9-23-39(42(27)34)45(37)38-22-5-2-15-32(38)36-20-10-17-30(44(36)45)29-25-28-13-8-19-35-33-16-3-6-24-40(33)46-41(26-29)43(28)35/h1-26H. The molecule has 0 saturated carbocycles. The normalized spacial score (nSPS) is 16.3. The molecule has 1 heteroatoms. The molecule has 46 heavy (non-hydrogen) atoms. The van der Waals surface area contributed by atoms with Gasteiger partial charge >= 0.3 is 0 Å². The van der Waals surface area contributed by atoms with Crippen molar-refractivity contribution >= 4 is 33.3 Å². The minimum absolute atomic E-state index is 0.444. The monoisotopic (exact) mass is 598 g/mol. The van der Waals surface area contributed by atoms with Gasteiger partial charge in [-0.2, -0.15) is 0 Å². The predicted octanol–water partition coefficient (Wildman–Crippen LogP) is 12.1. The van der Waals surface area contributed by atoms with E-state index in [0.29, 0.717) is 0 Å². The van der Waals surface area contributed by atoms with Crippen LogP contribution in [-0.4, -0.2) is 0 Å². The molecule has 8 aromatic rings. The highest BCUT2D eigenvalue weighted by Gasteiger charge is 2.51. The average Bonchev–Trinajstić information content (AvgIpc) is 3.41. The quantitative estimate of drug-likeness (QED) is 0.181. The summed E-state index contributed by atoms with van der Waals surface area (Å²) in [5.41, 5.74) is 15.7. The van der Waals surface area contributed by atoms with Gasteiger partial charge in [-0.1, -0.05) is 151 Å². The fourth-order valence-corrected chi connectivity index (χ4v) is 10.2. The first-order chi connectivity index (χ1) is 22.8. The maximum atomic E-state index is 2.46. The van der Waals surface area contributed by atoms with E-state index in [-0.39, 0.29) is 0 Å². The molecule has 3 aliphatic rings. The Bertz CT molecular complexity index is 2620. The minimum Gasteiger partial charge on any atom is -0.0888 e. The fraction of sp³-hybridized carbons (Fsp3) is 0.0222. The first kappa shape index (κ1) is 24.9. The van der Waals surface area contributed by atoms with Crippen molar-refractivity contribution in [1.29, 1.82) is 0 Å². The van der Waals surface area contributed by atoms with Crippen LogP contribution in [0, 0.1) is 0 Å². The second-order valence-corrected chi connectivity index (χ2v) is 13.8. The highest BCUT2D eigenvalue weighted by atomic mass is 32.2. The van der Waals surface area contributed by atoms with Crippen LogP contribution in [0.2, 0.25) is 0 Å². The van der Waals surface area contributed by atoms with E-state index in [9.17, 15) is 0 Å². The second kappa shape index (κ2) is 8.88. The Hall–Kier alpha value is -5.37. The van der Waals surface area contributed by atoms with Gasteiger partial charge < -0.3 is 0 Å². The molecule has 0 bridgehead atoms. The molecule has 0 N–H and O–H groups in total. The maximum Gasteiger partial charge on any atom is 0.0731 e. The van der Waals surface area contributed by atoms with E-state index in [1.807, 2.05) is 11.8 Å². The summed E-state index contributed by atoms with van der Waals surface area (Å²) in [5.74, 6) is 0. The first-order valence-electron chi connectivity index (χ1n) is 16.0. The topological polar surface area (TPSA) is 0 Å². The molecule has 8 aromatic carbocycles. The summed E-state index contributed by atoms with van der Waals surface area (Å²) in [5, 5.41) is 5.32. The lowest BCUT2D eigenvalue weighted by Gasteiger charge is -2.41. The molecule has 2 aliphatic carbocycles. The lowest BCUT2D eigenvalue weighted by Crippen LogP contribution is -2.32. The number of fused-ring (bicyclic) bond motifs is 11. The Balaban J connectivity index is 1.29. The second-order valence-electron chi connectivity index (χ2n) is 12.8. The Morgan fingerprint density at radius 2 is 0.891 bits per heavy atom. The molecule has 1 atom stereocenters. The summed E-state index contributed by atoms with van der Waals surface area (Å²) in [6.07, 6.45) is 0. The van der Waals surface area contributed by atoms with Crippen molar-refractivity contribution in [1.82, 2.24) is 0 Å². The Morgan fingerprint density at radius 3 is 1.70 bits per heavy atom. The van der Waals surface area contributed by atoms with Gasteiger partial charge in [0.05, 0.1) is 5.41 Å². The lowest BCUT2D eigenvalue weighted by molar-refractivity contribution is 0.775. The summed E-state index contributed by atoms with van der Waals surface area (Å²) in [6.45, 7) is 0. The minimum atomic E-state index is -0.444. The van der Waals surface area contributed by atoms with Crippen molar-refractivity contribution in [3.8, 4) is 44.5 Å². The van der Waals surface area contributed by atoms with Gasteiger partial charge in [0.15, 0.2) is 0 Å². The predicted molar refractivity (Wildman–Crippen MR) is 193 cm³/mol. The van der Waals surface area contributed by atoms with Crippen molar-refractivity contribution in [3.05, 3.63) is 180 Å². The van der Waals surface area contributed by atoms with E-state index in [1.54, 1.807) is 0 Å². The largest absolute Gasteiger partial charge is 0.0888 e. The van der Waals surface area contributed by atoms with Crippen molar-refractivity contribution in [2.24, 2.45) is 0 Å². The maximum absolute atomic E-state index is 2.46. The van der Waals surface area contributed by atoms with Crippen LogP contribution in [0.5, 0.6) is 0 Å². The summed E-state index contributed by atoms with van der Waals surface area (Å²) in [4.78, 5) is 2.66. The third-order valence-corrected chi connectivity index (χ3v) is 11.8. The zero-order chi connectivity index (χ0) is 30.0. The molecule has 0 radical (unpaired) electrons. The van der Waals surface area contributed by atoms with Gasteiger partial charge in [-0.05, 0) is 101 Å². The van der Waals surface area contributed by atoms with Crippen LogP contribution < -0.4 is 0 Å². The lowest BCUT2D eigenvalue weighted by atomic mass is 9.60. The average molecular weight is 599 g/mol. The third kappa shape index (κ3) is 2.97.